The van der Waals surface area contributed by atoms with Gasteiger partial charge in [-0.15, -0.1) is 0 Å². The maximum absolute atomic E-state index is 13.9. The number of hydrogen-bond donors (Lipinski definition) is 2. The van der Waals surface area contributed by atoms with Crippen LogP contribution < -0.4 is 23.8 Å². The molecule has 0 aliphatic carbocycles. The molecule has 2 aromatic carbocycles. The lowest BCUT2D eigenvalue weighted by molar-refractivity contribution is -0.143. The van der Waals surface area contributed by atoms with E-state index in [0.29, 0.717) is 46.4 Å². The van der Waals surface area contributed by atoms with Crippen molar-refractivity contribution in [3.8, 4) is 23.0 Å². The van der Waals surface area contributed by atoms with E-state index in [-0.39, 0.29) is 39.0 Å². The topological polar surface area (TPSA) is 131 Å². The molecule has 0 bridgehead atoms. The zero-order chi connectivity index (χ0) is 30.3. The number of hydrogen-bond acceptors (Lipinski definition) is 9. The number of methoxy groups -OCH3 is 1. The minimum atomic E-state index is -1.01. The monoisotopic (exact) mass is 591 g/mol. The number of para-hydroxylation sites is 2. The summed E-state index contributed by atoms with van der Waals surface area (Å²) in [5.41, 5.74) is 1.90. The van der Waals surface area contributed by atoms with Crippen LogP contribution in [0.4, 0.5) is 5.69 Å². The van der Waals surface area contributed by atoms with Crippen LogP contribution in [0, 0.1) is 5.92 Å². The Hall–Kier alpha value is -4.35. The summed E-state index contributed by atoms with van der Waals surface area (Å²) in [5.74, 6) is -0.670. The molecule has 228 valence electrons. The third kappa shape index (κ3) is 6.52. The van der Waals surface area contributed by atoms with Gasteiger partial charge in [-0.2, -0.15) is 0 Å². The third-order valence-electron chi connectivity index (χ3n) is 8.01. The Kier molecular flexibility index (Phi) is 9.63. The predicted octanol–water partition coefficient (Wildman–Crippen LogP) is 3.69. The van der Waals surface area contributed by atoms with Gasteiger partial charge in [0.25, 0.3) is 0 Å². The summed E-state index contributed by atoms with van der Waals surface area (Å²) in [4.78, 5) is 34.6. The van der Waals surface area contributed by atoms with Crippen LogP contribution in [-0.4, -0.2) is 78.2 Å². The first-order chi connectivity index (χ1) is 20.9. The molecule has 3 aromatic rings. The van der Waals surface area contributed by atoms with E-state index in [1.165, 1.54) is 0 Å². The number of carboxylic acid groups (broad SMARTS) is 1. The van der Waals surface area contributed by atoms with Crippen molar-refractivity contribution < 1.29 is 38.7 Å². The molecule has 0 saturated carbocycles. The number of aliphatic hydroxyl groups is 1. The van der Waals surface area contributed by atoms with Gasteiger partial charge in [-0.05, 0) is 48.4 Å². The van der Waals surface area contributed by atoms with Crippen molar-refractivity contribution >= 4 is 17.6 Å². The van der Waals surface area contributed by atoms with Crippen molar-refractivity contribution in [2.75, 3.05) is 45.0 Å². The summed E-state index contributed by atoms with van der Waals surface area (Å²) in [5, 5.41) is 20.6. The summed E-state index contributed by atoms with van der Waals surface area (Å²) < 4.78 is 22.7. The quantitative estimate of drug-likeness (QED) is 0.303. The van der Waals surface area contributed by atoms with Gasteiger partial charge in [0.05, 0.1) is 44.1 Å². The number of carbonyl (C=O) groups excluding carboxylic acids is 1. The van der Waals surface area contributed by atoms with Crippen molar-refractivity contribution in [3.63, 3.8) is 0 Å². The number of benzene rings is 2. The number of aromatic nitrogens is 1. The molecule has 3 heterocycles. The first kappa shape index (κ1) is 30.1. The van der Waals surface area contributed by atoms with Crippen LogP contribution in [-0.2, 0) is 16.2 Å². The molecule has 5 rings (SSSR count). The Labute approximate surface area is 250 Å². The highest BCUT2D eigenvalue weighted by Gasteiger charge is 2.48. The fourth-order valence-corrected chi connectivity index (χ4v) is 5.87. The normalized spacial score (nSPS) is 19.3. The van der Waals surface area contributed by atoms with Gasteiger partial charge in [0, 0.05) is 30.8 Å². The molecule has 1 saturated heterocycles. The average molecular weight is 592 g/mol. The molecular weight excluding hydrogens is 554 g/mol. The van der Waals surface area contributed by atoms with Crippen LogP contribution in [0.2, 0.25) is 0 Å². The lowest BCUT2D eigenvalue weighted by Gasteiger charge is -2.29. The van der Waals surface area contributed by atoms with Crippen molar-refractivity contribution in [2.24, 2.45) is 5.92 Å². The van der Waals surface area contributed by atoms with E-state index in [2.05, 4.69) is 11.9 Å². The molecule has 2 aliphatic rings. The Morgan fingerprint density at radius 3 is 2.65 bits per heavy atom. The van der Waals surface area contributed by atoms with E-state index in [1.807, 2.05) is 23.1 Å². The number of aliphatic carboxylic acids is 1. The lowest BCUT2D eigenvalue weighted by atomic mass is 9.84. The van der Waals surface area contributed by atoms with Gasteiger partial charge in [-0.25, -0.2) is 0 Å². The highest BCUT2D eigenvalue weighted by atomic mass is 16.7. The number of likely N-dealkylation sites (tertiary alicyclic amines) is 1. The molecule has 2 N–H and O–H groups in total. The second kappa shape index (κ2) is 13.7. The summed E-state index contributed by atoms with van der Waals surface area (Å²) in [6, 6.07) is 13.7. The molecule has 0 unspecified atom stereocenters. The van der Waals surface area contributed by atoms with Gasteiger partial charge in [-0.3, -0.25) is 19.5 Å². The molecule has 0 spiro atoms. The standard InChI is InChI=1S/C32H37N3O8/c1-3-4-12-35(23-8-7-11-33-15-23)29(37)17-34-16-24(21-13-22(18-36)31-28(14-21)42-20-43-31)30(32(38)39)25(34)19-41-27-10-6-5-9-26(27)40-2/h5-11,13-15,24-25,30,36H,3-4,12,16-20H2,1-2H3,(H,38,39)/t24-,25+,30-/m1/s1. The minimum Gasteiger partial charge on any atom is -0.493 e. The van der Waals surface area contributed by atoms with Gasteiger partial charge in [0.2, 0.25) is 12.7 Å². The maximum Gasteiger partial charge on any atom is 0.308 e. The Morgan fingerprint density at radius 2 is 1.95 bits per heavy atom. The Balaban J connectivity index is 1.48. The number of unbranched alkanes of at least 4 members (excludes halogenated alkanes) is 1. The van der Waals surface area contributed by atoms with Crippen LogP contribution in [0.15, 0.2) is 60.9 Å². The van der Waals surface area contributed by atoms with E-state index < -0.39 is 23.8 Å². The summed E-state index contributed by atoms with van der Waals surface area (Å²) in [6.07, 6.45) is 5.03. The highest BCUT2D eigenvalue weighted by Crippen LogP contribution is 2.44. The third-order valence-corrected chi connectivity index (χ3v) is 8.01. The summed E-state index contributed by atoms with van der Waals surface area (Å²) in [7, 11) is 1.54. The van der Waals surface area contributed by atoms with Gasteiger partial charge < -0.3 is 34.1 Å². The molecule has 0 radical (unpaired) electrons. The van der Waals surface area contributed by atoms with Gasteiger partial charge in [0.1, 0.15) is 6.61 Å². The maximum atomic E-state index is 13.9. The van der Waals surface area contributed by atoms with E-state index in [4.69, 9.17) is 18.9 Å². The minimum absolute atomic E-state index is 0.0143. The molecule has 3 atom stereocenters. The number of carboxylic acids is 1. The fourth-order valence-electron chi connectivity index (χ4n) is 5.87. The number of aliphatic hydroxyl groups excluding tert-OH is 1. The molecule has 2 aliphatic heterocycles. The van der Waals surface area contributed by atoms with Crippen LogP contribution in [0.1, 0.15) is 36.8 Å². The molecule has 43 heavy (non-hydrogen) atoms. The number of amides is 1. The average Bonchev–Trinajstić information content (AvgIpc) is 3.65. The molecule has 1 aromatic heterocycles. The second-order valence-electron chi connectivity index (χ2n) is 10.6. The molecule has 1 fully saturated rings. The largest absolute Gasteiger partial charge is 0.493 e. The first-order valence-corrected chi connectivity index (χ1v) is 14.4. The van der Waals surface area contributed by atoms with E-state index in [0.717, 1.165) is 12.8 Å². The number of fused-ring (bicyclic) bond motifs is 1. The summed E-state index contributed by atoms with van der Waals surface area (Å²) in [6.45, 7) is 2.59. The van der Waals surface area contributed by atoms with Gasteiger partial charge in [-0.1, -0.05) is 25.5 Å². The molecule has 11 nitrogen and oxygen atoms in total. The predicted molar refractivity (Wildman–Crippen MR) is 158 cm³/mol. The first-order valence-electron chi connectivity index (χ1n) is 14.4. The second-order valence-corrected chi connectivity index (χ2v) is 10.6. The van der Waals surface area contributed by atoms with Crippen LogP contribution in [0.5, 0.6) is 23.0 Å². The number of ether oxygens (including phenoxy) is 4. The number of rotatable bonds is 13. The highest BCUT2D eigenvalue weighted by molar-refractivity contribution is 5.94. The van der Waals surface area contributed by atoms with Crippen molar-refractivity contribution in [3.05, 3.63) is 72.1 Å². The van der Waals surface area contributed by atoms with Crippen molar-refractivity contribution in [2.45, 2.75) is 38.3 Å². The number of anilines is 1. The van der Waals surface area contributed by atoms with E-state index in [9.17, 15) is 19.8 Å². The zero-order valence-corrected chi connectivity index (χ0v) is 24.3. The molecule has 1 amide bonds. The molecular formula is C32H37N3O8. The Morgan fingerprint density at radius 1 is 1.14 bits per heavy atom. The van der Waals surface area contributed by atoms with Gasteiger partial charge in [0.15, 0.2) is 23.0 Å². The number of nitrogens with zero attached hydrogens (tertiary/aromatic N) is 3. The van der Waals surface area contributed by atoms with E-state index >= 15 is 0 Å². The van der Waals surface area contributed by atoms with Gasteiger partial charge >= 0.3 is 5.97 Å². The van der Waals surface area contributed by atoms with E-state index in [1.54, 1.807) is 54.7 Å². The zero-order valence-electron chi connectivity index (χ0n) is 24.3. The van der Waals surface area contributed by atoms with Crippen LogP contribution in [0.3, 0.4) is 0 Å². The van der Waals surface area contributed by atoms with Crippen molar-refractivity contribution in [1.29, 1.82) is 0 Å². The fraction of sp³-hybridized carbons (Fsp3) is 0.406. The van der Waals surface area contributed by atoms with Crippen LogP contribution >= 0.6 is 0 Å². The SMILES string of the molecule is CCCCN(C(=O)CN1C[C@H](c2cc(CO)c3c(c2)OCO3)[C@@H](C(=O)O)[C@@H]1COc1ccccc1OC)c1cccnc1. The number of pyridine rings is 1. The van der Waals surface area contributed by atoms with Crippen LogP contribution in [0.25, 0.3) is 0 Å². The Bertz CT molecular complexity index is 1420. The smallest absolute Gasteiger partial charge is 0.308 e. The summed E-state index contributed by atoms with van der Waals surface area (Å²) >= 11 is 0. The molecule has 11 heteroatoms. The van der Waals surface area contributed by atoms with Crippen molar-refractivity contribution in [1.82, 2.24) is 9.88 Å². The lowest BCUT2D eigenvalue weighted by Crippen LogP contribution is -2.46. The number of carbonyl (C=O) groups is 2.